The molecule has 26 heavy (non-hydrogen) atoms. The number of nitrogens with zero attached hydrogens (tertiary/aromatic N) is 4. The lowest BCUT2D eigenvalue weighted by molar-refractivity contribution is -0.384. The third-order valence-corrected chi connectivity index (χ3v) is 12.7. The summed E-state index contributed by atoms with van der Waals surface area (Å²) < 4.78 is 8.35. The first-order chi connectivity index (χ1) is 12.2. The van der Waals surface area contributed by atoms with E-state index in [1.165, 1.54) is 22.5 Å². The van der Waals surface area contributed by atoms with Crippen LogP contribution in [-0.2, 0) is 10.7 Å². The molecule has 2 heterocycles. The number of nitro benzene ring substituents is 1. The van der Waals surface area contributed by atoms with Crippen LogP contribution in [0.15, 0.2) is 36.4 Å². The van der Waals surface area contributed by atoms with Crippen molar-refractivity contribution >= 4 is 43.7 Å². The van der Waals surface area contributed by atoms with Crippen LogP contribution >= 0.6 is 0 Å². The lowest BCUT2D eigenvalue weighted by Crippen LogP contribution is -2.44. The Morgan fingerprint density at radius 2 is 1.69 bits per heavy atom. The molecule has 0 saturated carbocycles. The number of non-ortho nitro benzene ring substituents is 1. The maximum absolute atomic E-state index is 10.8. The highest BCUT2D eigenvalue weighted by Crippen LogP contribution is 2.24. The summed E-state index contributed by atoms with van der Waals surface area (Å²) >= 11 is 0. The molecule has 1 aliphatic heterocycles. The van der Waals surface area contributed by atoms with Crippen molar-refractivity contribution in [3.8, 4) is 0 Å². The Kier molecular flexibility index (Phi) is 3.65. The molecule has 134 valence electrons. The molecule has 0 aliphatic carbocycles. The highest BCUT2D eigenvalue weighted by molar-refractivity contribution is 7.05. The van der Waals surface area contributed by atoms with Gasteiger partial charge in [0.05, 0.1) is 17.0 Å². The van der Waals surface area contributed by atoms with Crippen LogP contribution in [0.3, 0.4) is 0 Å². The van der Waals surface area contributed by atoms with Gasteiger partial charge in [0, 0.05) is 12.1 Å². The summed E-state index contributed by atoms with van der Waals surface area (Å²) in [6.45, 7) is 9.48. The van der Waals surface area contributed by atoms with E-state index in [9.17, 15) is 10.1 Å². The topological polar surface area (TPSA) is 83.1 Å². The number of nitro groups is 1. The van der Waals surface area contributed by atoms with Gasteiger partial charge in [0.2, 0.25) is 16.6 Å². The number of benzene rings is 2. The Bertz CT molecular complexity index is 1030. The first-order valence-electron chi connectivity index (χ1n) is 8.49. The molecule has 0 radical (unpaired) electrons. The predicted octanol–water partition coefficient (Wildman–Crippen LogP) is 2.24. The molecule has 0 unspecified atom stereocenters. The molecule has 9 heteroatoms. The third kappa shape index (κ3) is 2.68. The van der Waals surface area contributed by atoms with Crippen molar-refractivity contribution in [1.29, 1.82) is 0 Å². The monoisotopic (exact) mass is 384 g/mol. The smallest absolute Gasteiger partial charge is 0.269 e. The van der Waals surface area contributed by atoms with Crippen molar-refractivity contribution in [3.63, 3.8) is 0 Å². The quantitative estimate of drug-likeness (QED) is 0.393. The molecule has 7 nitrogen and oxygen atoms in total. The molecule has 0 N–H and O–H groups in total. The average molecular weight is 385 g/mol. The molecule has 1 aromatic heterocycles. The molecule has 2 aromatic carbocycles. The Morgan fingerprint density at radius 1 is 1.08 bits per heavy atom. The van der Waals surface area contributed by atoms with Crippen molar-refractivity contribution in [1.82, 2.24) is 15.0 Å². The minimum absolute atomic E-state index is 0.0899. The van der Waals surface area contributed by atoms with Crippen LogP contribution in [0.2, 0.25) is 26.2 Å². The maximum atomic E-state index is 10.8. The van der Waals surface area contributed by atoms with E-state index in [0.29, 0.717) is 6.54 Å². The van der Waals surface area contributed by atoms with Gasteiger partial charge in [0.15, 0.2) is 0 Å². The zero-order valence-electron chi connectivity index (χ0n) is 15.2. The Labute approximate surface area is 153 Å². The molecule has 1 aliphatic rings. The summed E-state index contributed by atoms with van der Waals surface area (Å²) in [4.78, 5) is 10.4. The van der Waals surface area contributed by atoms with Crippen molar-refractivity contribution in [2.45, 2.75) is 32.7 Å². The largest absolute Gasteiger partial charge is 0.449 e. The molecule has 0 atom stereocenters. The minimum Gasteiger partial charge on any atom is -0.449 e. The summed E-state index contributed by atoms with van der Waals surface area (Å²) in [5, 5.41) is 22.1. The summed E-state index contributed by atoms with van der Waals surface area (Å²) in [5.74, 6) is 0. The fourth-order valence-electron chi connectivity index (χ4n) is 3.77. The van der Waals surface area contributed by atoms with Crippen LogP contribution in [0.5, 0.6) is 0 Å². The lowest BCUT2D eigenvalue weighted by Gasteiger charge is -2.22. The standard InChI is InChI=1S/C17H20N4O3Si2/c1-25(2)16-9-14-15(10-17(16)26(3,4)24-25)20(19-18-14)11-12-5-7-13(8-6-12)21(22)23/h5-10H,11H2,1-4H3. The molecular weight excluding hydrogens is 364 g/mol. The van der Waals surface area contributed by atoms with E-state index in [2.05, 4.69) is 48.6 Å². The summed E-state index contributed by atoms with van der Waals surface area (Å²) in [6, 6.07) is 10.9. The van der Waals surface area contributed by atoms with Gasteiger partial charge in [0.1, 0.15) is 5.52 Å². The van der Waals surface area contributed by atoms with Gasteiger partial charge in [-0.25, -0.2) is 4.68 Å². The van der Waals surface area contributed by atoms with Gasteiger partial charge in [-0.2, -0.15) is 0 Å². The van der Waals surface area contributed by atoms with E-state index in [0.717, 1.165) is 16.6 Å². The third-order valence-electron chi connectivity index (χ3n) is 4.94. The maximum Gasteiger partial charge on any atom is 0.269 e. The molecule has 0 amide bonds. The fraction of sp³-hybridized carbons (Fsp3) is 0.294. The molecule has 0 spiro atoms. The van der Waals surface area contributed by atoms with Crippen LogP contribution < -0.4 is 10.4 Å². The van der Waals surface area contributed by atoms with Gasteiger partial charge in [-0.05, 0) is 54.3 Å². The van der Waals surface area contributed by atoms with Crippen LogP contribution in [0.1, 0.15) is 5.56 Å². The second kappa shape index (κ2) is 5.56. The van der Waals surface area contributed by atoms with Gasteiger partial charge in [-0.1, -0.05) is 17.3 Å². The van der Waals surface area contributed by atoms with Gasteiger partial charge in [-0.3, -0.25) is 10.1 Å². The number of aromatic nitrogens is 3. The Hall–Kier alpha value is -2.37. The number of hydrogen-bond donors (Lipinski definition) is 0. The van der Waals surface area contributed by atoms with Gasteiger partial charge < -0.3 is 4.12 Å². The Balaban J connectivity index is 1.75. The van der Waals surface area contributed by atoms with Crippen LogP contribution in [0.25, 0.3) is 11.0 Å². The van der Waals surface area contributed by atoms with Crippen molar-refractivity contribution in [2.24, 2.45) is 0 Å². The lowest BCUT2D eigenvalue weighted by atomic mass is 10.2. The van der Waals surface area contributed by atoms with Crippen molar-refractivity contribution in [2.75, 3.05) is 0 Å². The molecular formula is C17H20N4O3Si2. The van der Waals surface area contributed by atoms with Gasteiger partial charge in [0.25, 0.3) is 5.69 Å². The average Bonchev–Trinajstić information content (AvgIpc) is 3.03. The Morgan fingerprint density at radius 3 is 2.31 bits per heavy atom. The van der Waals surface area contributed by atoms with E-state index < -0.39 is 21.6 Å². The summed E-state index contributed by atoms with van der Waals surface area (Å²) in [6.07, 6.45) is 0. The molecule has 4 rings (SSSR count). The van der Waals surface area contributed by atoms with Crippen LogP contribution in [-0.4, -0.2) is 36.6 Å². The summed E-state index contributed by atoms with van der Waals surface area (Å²) in [7, 11) is -3.78. The van der Waals surface area contributed by atoms with Gasteiger partial charge >= 0.3 is 0 Å². The zero-order valence-corrected chi connectivity index (χ0v) is 17.2. The predicted molar refractivity (Wildman–Crippen MR) is 105 cm³/mol. The molecule has 0 fully saturated rings. The number of fused-ring (bicyclic) bond motifs is 2. The number of rotatable bonds is 3. The molecule has 0 saturated heterocycles. The van der Waals surface area contributed by atoms with Crippen molar-refractivity contribution < 1.29 is 9.04 Å². The van der Waals surface area contributed by atoms with Gasteiger partial charge in [-0.15, -0.1) is 5.10 Å². The molecule has 0 bridgehead atoms. The van der Waals surface area contributed by atoms with E-state index in [1.807, 2.05) is 4.68 Å². The zero-order chi connectivity index (χ0) is 18.7. The molecule has 3 aromatic rings. The van der Waals surface area contributed by atoms with Crippen LogP contribution in [0.4, 0.5) is 5.69 Å². The van der Waals surface area contributed by atoms with E-state index >= 15 is 0 Å². The number of hydrogen-bond acceptors (Lipinski definition) is 5. The van der Waals surface area contributed by atoms with E-state index in [-0.39, 0.29) is 5.69 Å². The second-order valence-corrected chi connectivity index (χ2v) is 15.6. The van der Waals surface area contributed by atoms with E-state index in [1.54, 1.807) is 12.1 Å². The van der Waals surface area contributed by atoms with E-state index in [4.69, 9.17) is 4.12 Å². The normalized spacial score (nSPS) is 17.4. The van der Waals surface area contributed by atoms with Crippen molar-refractivity contribution in [3.05, 3.63) is 52.1 Å². The fourth-order valence-corrected chi connectivity index (χ4v) is 14.0. The van der Waals surface area contributed by atoms with Crippen LogP contribution in [0, 0.1) is 10.1 Å². The second-order valence-electron chi connectivity index (χ2n) is 7.68. The highest BCUT2D eigenvalue weighted by Gasteiger charge is 2.46. The SMILES string of the molecule is C[Si]1(C)O[Si](C)(C)c2cc3c(cc21)nnn3Cc1ccc([N+](=O)[O-])cc1. The highest BCUT2D eigenvalue weighted by atomic mass is 28.4. The first-order valence-corrected chi connectivity index (χ1v) is 14.3. The first kappa shape index (κ1) is 17.1. The minimum atomic E-state index is -1.90. The summed E-state index contributed by atoms with van der Waals surface area (Å²) in [5.41, 5.74) is 2.90.